The molecule has 7 heteroatoms. The van der Waals surface area contributed by atoms with Gasteiger partial charge in [0.2, 0.25) is 11.1 Å². The molecule has 4 aromatic rings. The number of benzene rings is 2. The minimum Gasteiger partial charge on any atom is -0.312 e. The lowest BCUT2D eigenvalue weighted by molar-refractivity contribution is -0.116. The average Bonchev–Trinajstić information content (AvgIpc) is 3.21. The minimum absolute atomic E-state index is 0.0356. The molecule has 2 aromatic carbocycles. The second-order valence-electron chi connectivity index (χ2n) is 8.74. The molecule has 176 valence electrons. The topological polar surface area (TPSA) is 63.4 Å². The Morgan fingerprint density at radius 1 is 1.00 bits per heavy atom. The molecule has 4 rings (SSSR count). The molecule has 0 saturated heterocycles. The van der Waals surface area contributed by atoms with Crippen LogP contribution in [0.5, 0.6) is 0 Å². The number of rotatable bonds is 7. The Kier molecular flexibility index (Phi) is 7.03. The third-order valence-electron chi connectivity index (χ3n) is 6.16. The molecule has 34 heavy (non-hydrogen) atoms. The lowest BCUT2D eigenvalue weighted by Crippen LogP contribution is -2.32. The number of thioether (sulfide) groups is 1. The maximum absolute atomic E-state index is 12.9. The maximum Gasteiger partial charge on any atom is 0.253 e. The number of fused-ring (bicyclic) bond motifs is 1. The van der Waals surface area contributed by atoms with Gasteiger partial charge in [0.15, 0.2) is 0 Å². The van der Waals surface area contributed by atoms with Crippen molar-refractivity contribution in [3.63, 3.8) is 0 Å². The fourth-order valence-corrected chi connectivity index (χ4v) is 4.89. The number of hydrogen-bond donors (Lipinski definition) is 0. The van der Waals surface area contributed by atoms with Gasteiger partial charge in [-0.25, -0.2) is 9.50 Å². The summed E-state index contributed by atoms with van der Waals surface area (Å²) in [6.07, 6.45) is 0.802. The van der Waals surface area contributed by atoms with Gasteiger partial charge in [0.25, 0.3) is 5.78 Å². The first-order chi connectivity index (χ1) is 16.3. The normalized spacial score (nSPS) is 11.2. The summed E-state index contributed by atoms with van der Waals surface area (Å²) in [7, 11) is 0. The lowest BCUT2D eigenvalue weighted by Gasteiger charge is -2.21. The molecule has 1 amide bonds. The Morgan fingerprint density at radius 3 is 2.50 bits per heavy atom. The highest BCUT2D eigenvalue weighted by molar-refractivity contribution is 7.99. The highest BCUT2D eigenvalue weighted by Crippen LogP contribution is 2.23. The zero-order chi connectivity index (χ0) is 24.4. The van der Waals surface area contributed by atoms with Crippen LogP contribution in [0.4, 0.5) is 5.69 Å². The Labute approximate surface area is 205 Å². The zero-order valence-electron chi connectivity index (χ0n) is 20.7. The molecule has 0 bridgehead atoms. The number of anilines is 1. The highest BCUT2D eigenvalue weighted by atomic mass is 32.2. The van der Waals surface area contributed by atoms with Crippen LogP contribution >= 0.6 is 11.8 Å². The minimum atomic E-state index is 0.0356. The number of hydrogen-bond acceptors (Lipinski definition) is 5. The third-order valence-corrected chi connectivity index (χ3v) is 6.98. The Bertz CT molecular complexity index is 1360. The first kappa shape index (κ1) is 24.0. The largest absolute Gasteiger partial charge is 0.312 e. The van der Waals surface area contributed by atoms with Crippen LogP contribution in [-0.2, 0) is 11.2 Å². The van der Waals surface area contributed by atoms with Crippen molar-refractivity contribution in [2.75, 3.05) is 17.2 Å². The van der Waals surface area contributed by atoms with E-state index in [9.17, 15) is 4.79 Å². The molecule has 0 spiro atoms. The summed E-state index contributed by atoms with van der Waals surface area (Å²) in [4.78, 5) is 24.0. The zero-order valence-corrected chi connectivity index (χ0v) is 21.5. The van der Waals surface area contributed by atoms with Crippen LogP contribution in [0, 0.1) is 34.6 Å². The van der Waals surface area contributed by atoms with E-state index in [0.717, 1.165) is 34.6 Å². The number of aryl methyl sites for hydroxylation is 5. The summed E-state index contributed by atoms with van der Waals surface area (Å²) in [6.45, 7) is 13.0. The Balaban J connectivity index is 1.55. The first-order valence-electron chi connectivity index (χ1n) is 11.6. The van der Waals surface area contributed by atoms with E-state index in [1.165, 1.54) is 28.5 Å². The van der Waals surface area contributed by atoms with Crippen molar-refractivity contribution < 1.29 is 4.79 Å². The molecule has 0 fully saturated rings. The molecule has 0 unspecified atom stereocenters. The molecule has 0 aliphatic carbocycles. The lowest BCUT2D eigenvalue weighted by atomic mass is 9.97. The van der Waals surface area contributed by atoms with Gasteiger partial charge < -0.3 is 4.90 Å². The predicted molar refractivity (Wildman–Crippen MR) is 139 cm³/mol. The highest BCUT2D eigenvalue weighted by Gasteiger charge is 2.18. The van der Waals surface area contributed by atoms with Crippen molar-refractivity contribution in [1.29, 1.82) is 0 Å². The smallest absolute Gasteiger partial charge is 0.253 e. The number of amides is 1. The van der Waals surface area contributed by atoms with E-state index in [2.05, 4.69) is 49.1 Å². The van der Waals surface area contributed by atoms with E-state index in [4.69, 9.17) is 4.98 Å². The number of carbonyl (C=O) groups is 1. The van der Waals surface area contributed by atoms with Gasteiger partial charge in [0, 0.05) is 30.0 Å². The van der Waals surface area contributed by atoms with Gasteiger partial charge in [0.1, 0.15) is 0 Å². The second kappa shape index (κ2) is 9.97. The molecule has 0 aliphatic heterocycles. The first-order valence-corrected chi connectivity index (χ1v) is 12.5. The van der Waals surface area contributed by atoms with E-state index in [0.29, 0.717) is 17.5 Å². The summed E-state index contributed by atoms with van der Waals surface area (Å²) in [5.74, 6) is 0.876. The summed E-state index contributed by atoms with van der Waals surface area (Å²) in [5, 5.41) is 5.24. The van der Waals surface area contributed by atoms with Crippen LogP contribution in [0.1, 0.15) is 46.1 Å². The molecule has 0 aliphatic rings. The standard InChI is InChI=1S/C27H31N5OS/c1-7-31(23-10-8-9-17(2)14-23)25(33)16-34-27-29-26-28-20(5)24(21(6)32(26)30-27)15-22-13-18(3)11-12-19(22)4/h8-14H,7,15-16H2,1-6H3. The van der Waals surface area contributed by atoms with Crippen molar-refractivity contribution in [3.05, 3.63) is 81.7 Å². The van der Waals surface area contributed by atoms with Gasteiger partial charge in [-0.2, -0.15) is 4.98 Å². The second-order valence-corrected chi connectivity index (χ2v) is 9.68. The molecule has 2 heterocycles. The van der Waals surface area contributed by atoms with E-state index in [-0.39, 0.29) is 11.7 Å². The summed E-state index contributed by atoms with van der Waals surface area (Å²) in [6, 6.07) is 14.5. The Hall–Kier alpha value is -3.19. The van der Waals surface area contributed by atoms with Crippen molar-refractivity contribution in [3.8, 4) is 0 Å². The van der Waals surface area contributed by atoms with Gasteiger partial charge in [0.05, 0.1) is 5.75 Å². The molecular weight excluding hydrogens is 442 g/mol. The summed E-state index contributed by atoms with van der Waals surface area (Å²) >= 11 is 1.35. The molecule has 0 N–H and O–H groups in total. The summed E-state index contributed by atoms with van der Waals surface area (Å²) in [5.41, 5.74) is 9.02. The van der Waals surface area contributed by atoms with E-state index >= 15 is 0 Å². The van der Waals surface area contributed by atoms with Crippen molar-refractivity contribution >= 4 is 29.1 Å². The summed E-state index contributed by atoms with van der Waals surface area (Å²) < 4.78 is 1.80. The van der Waals surface area contributed by atoms with Crippen LogP contribution in [0.25, 0.3) is 5.78 Å². The van der Waals surface area contributed by atoms with Gasteiger partial charge in [-0.3, -0.25) is 4.79 Å². The predicted octanol–water partition coefficient (Wildman–Crippen LogP) is 5.40. The number of aromatic nitrogens is 4. The van der Waals surface area contributed by atoms with Crippen LogP contribution in [0.3, 0.4) is 0 Å². The average molecular weight is 474 g/mol. The van der Waals surface area contributed by atoms with Gasteiger partial charge >= 0.3 is 0 Å². The number of carbonyl (C=O) groups excluding carboxylic acids is 1. The fourth-order valence-electron chi connectivity index (χ4n) is 4.19. The van der Waals surface area contributed by atoms with Gasteiger partial charge in [-0.15, -0.1) is 5.10 Å². The molecule has 2 aromatic heterocycles. The molecule has 0 radical (unpaired) electrons. The van der Waals surface area contributed by atoms with Crippen LogP contribution in [0.15, 0.2) is 47.6 Å². The molecule has 6 nitrogen and oxygen atoms in total. The van der Waals surface area contributed by atoms with E-state index < -0.39 is 0 Å². The Morgan fingerprint density at radius 2 is 1.76 bits per heavy atom. The molecule has 0 saturated carbocycles. The van der Waals surface area contributed by atoms with Gasteiger partial charge in [-0.05, 0) is 75.9 Å². The maximum atomic E-state index is 12.9. The molecular formula is C27H31N5OS. The van der Waals surface area contributed by atoms with Crippen LogP contribution in [-0.4, -0.2) is 37.8 Å². The quantitative estimate of drug-likeness (QED) is 0.336. The monoisotopic (exact) mass is 473 g/mol. The van der Waals surface area contributed by atoms with Crippen molar-refractivity contribution in [1.82, 2.24) is 19.6 Å². The van der Waals surface area contributed by atoms with E-state index in [1.54, 1.807) is 9.42 Å². The molecule has 0 atom stereocenters. The van der Waals surface area contributed by atoms with E-state index in [1.807, 2.05) is 45.0 Å². The SMILES string of the molecule is CCN(C(=O)CSc1nc2nc(C)c(Cc3cc(C)ccc3C)c(C)n2n1)c1cccc(C)c1. The van der Waals surface area contributed by atoms with Crippen LogP contribution < -0.4 is 4.90 Å². The van der Waals surface area contributed by atoms with Gasteiger partial charge in [-0.1, -0.05) is 47.7 Å². The third kappa shape index (κ3) is 4.99. The van der Waals surface area contributed by atoms with Crippen molar-refractivity contribution in [2.24, 2.45) is 0 Å². The fraction of sp³-hybridized carbons (Fsp3) is 0.333. The van der Waals surface area contributed by atoms with Crippen LogP contribution in [0.2, 0.25) is 0 Å². The van der Waals surface area contributed by atoms with Crippen molar-refractivity contribution in [2.45, 2.75) is 53.1 Å². The number of nitrogens with zero attached hydrogens (tertiary/aromatic N) is 5.